The first-order chi connectivity index (χ1) is 8.59. The predicted octanol–water partition coefficient (Wildman–Crippen LogP) is 2.60. The van der Waals surface area contributed by atoms with Crippen LogP contribution < -0.4 is 5.73 Å². The summed E-state index contributed by atoms with van der Waals surface area (Å²) in [5.41, 5.74) is 7.17. The quantitative estimate of drug-likeness (QED) is 0.911. The number of nitrogens with zero attached hydrogens (tertiary/aromatic N) is 2. The fraction of sp³-hybridized carbons (Fsp3) is 0.500. The molecule has 0 amide bonds. The molecular formula is C14H18ClN3. The van der Waals surface area contributed by atoms with Crippen molar-refractivity contribution in [2.75, 3.05) is 13.1 Å². The highest BCUT2D eigenvalue weighted by Crippen LogP contribution is 2.38. The number of hydrogen-bond donors (Lipinski definition) is 1. The standard InChI is InChI=1S/C14H18ClN3/c1-14(11-4-6-12(15)7-5-11)9-17-13(16)18(14)8-10-2-3-10/h4-7,10H,2-3,8-9H2,1H3,(H2,16,17). The van der Waals surface area contributed by atoms with E-state index in [1.807, 2.05) is 12.1 Å². The number of rotatable bonds is 3. The summed E-state index contributed by atoms with van der Waals surface area (Å²) in [4.78, 5) is 6.70. The van der Waals surface area contributed by atoms with Crippen molar-refractivity contribution < 1.29 is 0 Å². The number of hydrogen-bond acceptors (Lipinski definition) is 3. The SMILES string of the molecule is CC1(c2ccc(Cl)cc2)CN=C(N)N1CC1CC1. The Morgan fingerprint density at radius 2 is 2.06 bits per heavy atom. The summed E-state index contributed by atoms with van der Waals surface area (Å²) < 4.78 is 0. The van der Waals surface area contributed by atoms with Gasteiger partial charge in [-0.1, -0.05) is 23.7 Å². The molecule has 18 heavy (non-hydrogen) atoms. The highest BCUT2D eigenvalue weighted by Gasteiger charge is 2.41. The van der Waals surface area contributed by atoms with Crippen LogP contribution in [0, 0.1) is 5.92 Å². The van der Waals surface area contributed by atoms with Crippen molar-refractivity contribution in [3.8, 4) is 0 Å². The normalized spacial score (nSPS) is 27.4. The second-order valence-electron chi connectivity index (χ2n) is 5.51. The molecule has 1 fully saturated rings. The minimum Gasteiger partial charge on any atom is -0.370 e. The highest BCUT2D eigenvalue weighted by atomic mass is 35.5. The lowest BCUT2D eigenvalue weighted by Gasteiger charge is -2.37. The van der Waals surface area contributed by atoms with E-state index < -0.39 is 0 Å². The molecule has 96 valence electrons. The Hall–Kier alpha value is -1.22. The van der Waals surface area contributed by atoms with E-state index in [1.54, 1.807) is 0 Å². The van der Waals surface area contributed by atoms with Crippen LogP contribution >= 0.6 is 11.6 Å². The van der Waals surface area contributed by atoms with Gasteiger partial charge < -0.3 is 10.6 Å². The molecule has 1 heterocycles. The molecule has 1 aromatic rings. The van der Waals surface area contributed by atoms with Gasteiger partial charge in [-0.15, -0.1) is 0 Å². The zero-order chi connectivity index (χ0) is 12.8. The second kappa shape index (κ2) is 4.16. The van der Waals surface area contributed by atoms with Gasteiger partial charge in [0.25, 0.3) is 0 Å². The van der Waals surface area contributed by atoms with Crippen LogP contribution in [0.1, 0.15) is 25.3 Å². The average Bonchev–Trinajstić information content (AvgIpc) is 3.12. The van der Waals surface area contributed by atoms with Gasteiger partial charge in [-0.05, 0) is 43.4 Å². The Balaban J connectivity index is 1.89. The molecular weight excluding hydrogens is 246 g/mol. The average molecular weight is 264 g/mol. The second-order valence-corrected chi connectivity index (χ2v) is 5.95. The lowest BCUT2D eigenvalue weighted by molar-refractivity contribution is 0.217. The van der Waals surface area contributed by atoms with Gasteiger partial charge in [0.1, 0.15) is 0 Å². The van der Waals surface area contributed by atoms with E-state index in [0.717, 1.165) is 24.0 Å². The molecule has 2 aliphatic rings. The molecule has 3 nitrogen and oxygen atoms in total. The van der Waals surface area contributed by atoms with Crippen molar-refractivity contribution in [2.45, 2.75) is 25.3 Å². The molecule has 0 spiro atoms. The van der Waals surface area contributed by atoms with Crippen LogP contribution in [0.4, 0.5) is 0 Å². The van der Waals surface area contributed by atoms with E-state index >= 15 is 0 Å². The van der Waals surface area contributed by atoms with E-state index in [1.165, 1.54) is 18.4 Å². The first kappa shape index (κ1) is 11.8. The number of guanidine groups is 1. The van der Waals surface area contributed by atoms with Gasteiger partial charge in [0.05, 0.1) is 12.1 Å². The van der Waals surface area contributed by atoms with Gasteiger partial charge in [0.2, 0.25) is 0 Å². The third kappa shape index (κ3) is 1.97. The van der Waals surface area contributed by atoms with Crippen LogP contribution in [-0.2, 0) is 5.54 Å². The van der Waals surface area contributed by atoms with E-state index in [-0.39, 0.29) is 5.54 Å². The summed E-state index contributed by atoms with van der Waals surface area (Å²) >= 11 is 5.96. The zero-order valence-corrected chi connectivity index (χ0v) is 11.3. The molecule has 3 rings (SSSR count). The van der Waals surface area contributed by atoms with Crippen molar-refractivity contribution in [1.82, 2.24) is 4.90 Å². The molecule has 0 radical (unpaired) electrons. The lowest BCUT2D eigenvalue weighted by atomic mass is 9.91. The molecule has 2 N–H and O–H groups in total. The highest BCUT2D eigenvalue weighted by molar-refractivity contribution is 6.30. The van der Waals surface area contributed by atoms with Gasteiger partial charge >= 0.3 is 0 Å². The van der Waals surface area contributed by atoms with Gasteiger partial charge in [0.15, 0.2) is 5.96 Å². The van der Waals surface area contributed by atoms with E-state index in [2.05, 4.69) is 28.9 Å². The monoisotopic (exact) mass is 263 g/mol. The molecule has 1 unspecified atom stereocenters. The Morgan fingerprint density at radius 1 is 1.39 bits per heavy atom. The van der Waals surface area contributed by atoms with Gasteiger partial charge in [-0.2, -0.15) is 0 Å². The van der Waals surface area contributed by atoms with E-state index in [9.17, 15) is 0 Å². The van der Waals surface area contributed by atoms with Crippen LogP contribution in [0.5, 0.6) is 0 Å². The summed E-state index contributed by atoms with van der Waals surface area (Å²) in [5.74, 6) is 1.47. The van der Waals surface area contributed by atoms with Crippen LogP contribution in [-0.4, -0.2) is 23.9 Å². The van der Waals surface area contributed by atoms with Crippen molar-refractivity contribution >= 4 is 17.6 Å². The van der Waals surface area contributed by atoms with Crippen LogP contribution in [0.15, 0.2) is 29.3 Å². The number of halogens is 1. The van der Waals surface area contributed by atoms with Gasteiger partial charge in [0, 0.05) is 11.6 Å². The summed E-state index contributed by atoms with van der Waals surface area (Å²) in [7, 11) is 0. The maximum absolute atomic E-state index is 6.05. The molecule has 1 aliphatic carbocycles. The first-order valence-corrected chi connectivity index (χ1v) is 6.81. The minimum absolute atomic E-state index is 0.114. The number of aliphatic imine (C=N–C) groups is 1. The number of nitrogens with two attached hydrogens (primary N) is 1. The summed E-state index contributed by atoms with van der Waals surface area (Å²) in [6.45, 7) is 3.96. The van der Waals surface area contributed by atoms with Crippen LogP contribution in [0.3, 0.4) is 0 Å². The van der Waals surface area contributed by atoms with Crippen molar-refractivity contribution in [3.63, 3.8) is 0 Å². The van der Waals surface area contributed by atoms with Crippen molar-refractivity contribution in [3.05, 3.63) is 34.9 Å². The molecule has 1 saturated carbocycles. The Bertz CT molecular complexity index is 478. The predicted molar refractivity (Wildman–Crippen MR) is 74.7 cm³/mol. The Morgan fingerprint density at radius 3 is 2.67 bits per heavy atom. The van der Waals surface area contributed by atoms with Gasteiger partial charge in [-0.25, -0.2) is 0 Å². The largest absolute Gasteiger partial charge is 0.370 e. The summed E-state index contributed by atoms with van der Waals surface area (Å²) in [5, 5.41) is 0.767. The van der Waals surface area contributed by atoms with Crippen molar-refractivity contribution in [2.24, 2.45) is 16.6 Å². The Kier molecular flexibility index (Phi) is 2.74. The molecule has 4 heteroatoms. The molecule has 1 aromatic carbocycles. The molecule has 0 bridgehead atoms. The minimum atomic E-state index is -0.114. The zero-order valence-electron chi connectivity index (χ0n) is 10.6. The summed E-state index contributed by atoms with van der Waals surface area (Å²) in [6, 6.07) is 8.03. The first-order valence-electron chi connectivity index (χ1n) is 6.43. The van der Waals surface area contributed by atoms with Crippen LogP contribution in [0.25, 0.3) is 0 Å². The molecule has 1 atom stereocenters. The van der Waals surface area contributed by atoms with Crippen molar-refractivity contribution in [1.29, 1.82) is 0 Å². The van der Waals surface area contributed by atoms with Gasteiger partial charge in [-0.3, -0.25) is 4.99 Å². The third-order valence-corrected chi connectivity index (χ3v) is 4.28. The lowest BCUT2D eigenvalue weighted by Crippen LogP contribution is -2.48. The smallest absolute Gasteiger partial charge is 0.192 e. The molecule has 0 saturated heterocycles. The maximum atomic E-state index is 6.05. The third-order valence-electron chi connectivity index (χ3n) is 4.03. The number of benzene rings is 1. The molecule has 0 aromatic heterocycles. The van der Waals surface area contributed by atoms with Crippen LogP contribution in [0.2, 0.25) is 5.02 Å². The Labute approximate surface area is 113 Å². The fourth-order valence-corrected chi connectivity index (χ4v) is 2.69. The fourth-order valence-electron chi connectivity index (χ4n) is 2.57. The topological polar surface area (TPSA) is 41.6 Å². The van der Waals surface area contributed by atoms with E-state index in [0.29, 0.717) is 5.96 Å². The molecule has 1 aliphatic heterocycles. The summed E-state index contributed by atoms with van der Waals surface area (Å²) in [6.07, 6.45) is 2.64. The van der Waals surface area contributed by atoms with E-state index in [4.69, 9.17) is 17.3 Å². The maximum Gasteiger partial charge on any atom is 0.192 e.